The lowest BCUT2D eigenvalue weighted by atomic mass is 10.0. The maximum absolute atomic E-state index is 13.3. The normalized spacial score (nSPS) is 13.5. The highest BCUT2D eigenvalue weighted by molar-refractivity contribution is 5.96. The molecule has 216 valence electrons. The highest BCUT2D eigenvalue weighted by Crippen LogP contribution is 2.26. The lowest BCUT2D eigenvalue weighted by molar-refractivity contribution is -0.131. The molecule has 0 saturated carbocycles. The Morgan fingerprint density at radius 2 is 1.70 bits per heavy atom. The standard InChI is InChI=1S/C28H39N7O5/c29-11-13-35(14-12-30)26(38)10-7-21(31)27(39)34-23(8-5-18-6-9-24(36)25(37)15-18)28(40)33-20-16-19-3-1-2-4-22(19)32-17-20/h1-4,6,9,15-17,21,23,27,34,36-37,39H,5,7-8,10-14,29-31H2,(H,33,40). The number of nitrogens with zero attached hydrogens (tertiary/aromatic N) is 2. The molecule has 2 amide bonds. The second-order valence-corrected chi connectivity index (χ2v) is 9.59. The summed E-state index contributed by atoms with van der Waals surface area (Å²) in [6.45, 7) is 1.38. The smallest absolute Gasteiger partial charge is 0.241 e. The van der Waals surface area contributed by atoms with Gasteiger partial charge in [-0.3, -0.25) is 19.9 Å². The fourth-order valence-corrected chi connectivity index (χ4v) is 4.30. The van der Waals surface area contributed by atoms with Crippen molar-refractivity contribution in [3.8, 4) is 11.5 Å². The van der Waals surface area contributed by atoms with Crippen molar-refractivity contribution >= 4 is 28.4 Å². The summed E-state index contributed by atoms with van der Waals surface area (Å²) < 4.78 is 0. The summed E-state index contributed by atoms with van der Waals surface area (Å²) in [4.78, 5) is 31.8. The molecule has 11 N–H and O–H groups in total. The highest BCUT2D eigenvalue weighted by atomic mass is 16.3. The fraction of sp³-hybridized carbons (Fsp3) is 0.393. The largest absolute Gasteiger partial charge is 0.504 e. The number of carbonyl (C=O) groups is 2. The molecule has 0 aliphatic heterocycles. The van der Waals surface area contributed by atoms with Crippen molar-refractivity contribution in [2.45, 2.75) is 44.0 Å². The molecule has 40 heavy (non-hydrogen) atoms. The van der Waals surface area contributed by atoms with Gasteiger partial charge in [0, 0.05) is 44.0 Å². The molecule has 0 saturated heterocycles. The summed E-state index contributed by atoms with van der Waals surface area (Å²) in [5, 5.41) is 36.8. The first-order valence-electron chi connectivity index (χ1n) is 13.3. The van der Waals surface area contributed by atoms with Crippen LogP contribution in [0.3, 0.4) is 0 Å². The van der Waals surface area contributed by atoms with Gasteiger partial charge in [0.15, 0.2) is 11.5 Å². The molecule has 2 aromatic carbocycles. The van der Waals surface area contributed by atoms with E-state index in [2.05, 4.69) is 15.6 Å². The molecule has 0 fully saturated rings. The third-order valence-corrected chi connectivity index (χ3v) is 6.56. The van der Waals surface area contributed by atoms with E-state index in [0.717, 1.165) is 10.9 Å². The number of aromatic nitrogens is 1. The number of phenols is 2. The number of anilines is 1. The second-order valence-electron chi connectivity index (χ2n) is 9.59. The number of aliphatic hydroxyl groups is 1. The van der Waals surface area contributed by atoms with Gasteiger partial charge < -0.3 is 42.7 Å². The number of aryl methyl sites for hydroxylation is 1. The van der Waals surface area contributed by atoms with Gasteiger partial charge in [0.1, 0.15) is 6.23 Å². The Bertz CT molecular complexity index is 1270. The average molecular weight is 554 g/mol. The Kier molecular flexibility index (Phi) is 11.6. The summed E-state index contributed by atoms with van der Waals surface area (Å²) in [6, 6.07) is 12.0. The Labute approximate surface area is 233 Å². The zero-order valence-electron chi connectivity index (χ0n) is 22.4. The van der Waals surface area contributed by atoms with Crippen LogP contribution in [0.4, 0.5) is 5.69 Å². The van der Waals surface area contributed by atoms with E-state index in [4.69, 9.17) is 17.2 Å². The van der Waals surface area contributed by atoms with Crippen LogP contribution in [0, 0.1) is 0 Å². The molecule has 0 aliphatic rings. The SMILES string of the molecule is NCCN(CCN)C(=O)CCC(N)C(O)NC(CCc1ccc(O)c(O)c1)C(=O)Nc1cnc2ccccc2c1. The number of amides is 2. The van der Waals surface area contributed by atoms with Gasteiger partial charge in [-0.05, 0) is 49.1 Å². The van der Waals surface area contributed by atoms with E-state index in [-0.39, 0.29) is 36.7 Å². The molecule has 0 spiro atoms. The minimum Gasteiger partial charge on any atom is -0.504 e. The first kappa shape index (κ1) is 30.7. The first-order chi connectivity index (χ1) is 19.2. The van der Waals surface area contributed by atoms with E-state index in [1.165, 1.54) is 12.1 Å². The number of aliphatic hydroxyl groups excluding tert-OH is 1. The zero-order chi connectivity index (χ0) is 29.1. The Morgan fingerprint density at radius 3 is 2.40 bits per heavy atom. The molecule has 3 atom stereocenters. The second kappa shape index (κ2) is 15.1. The van der Waals surface area contributed by atoms with Crippen molar-refractivity contribution in [1.29, 1.82) is 0 Å². The van der Waals surface area contributed by atoms with Crippen molar-refractivity contribution in [3.63, 3.8) is 0 Å². The maximum atomic E-state index is 13.3. The first-order valence-corrected chi connectivity index (χ1v) is 13.3. The van der Waals surface area contributed by atoms with Crippen molar-refractivity contribution in [2.24, 2.45) is 17.2 Å². The third-order valence-electron chi connectivity index (χ3n) is 6.56. The molecule has 0 radical (unpaired) electrons. The van der Waals surface area contributed by atoms with Crippen molar-refractivity contribution in [2.75, 3.05) is 31.5 Å². The number of carbonyl (C=O) groups excluding carboxylic acids is 2. The van der Waals surface area contributed by atoms with Gasteiger partial charge in [0.05, 0.1) is 23.4 Å². The molecular formula is C28H39N7O5. The van der Waals surface area contributed by atoms with Gasteiger partial charge in [-0.25, -0.2) is 0 Å². The number of benzene rings is 2. The molecule has 0 bridgehead atoms. The fourth-order valence-electron chi connectivity index (χ4n) is 4.30. The minimum atomic E-state index is -1.29. The number of aromatic hydroxyl groups is 2. The number of para-hydroxylation sites is 1. The molecular weight excluding hydrogens is 514 g/mol. The van der Waals surface area contributed by atoms with Crippen LogP contribution < -0.4 is 27.8 Å². The number of nitrogens with two attached hydrogens (primary N) is 3. The molecule has 0 aliphatic carbocycles. The van der Waals surface area contributed by atoms with Crippen LogP contribution in [-0.4, -0.2) is 81.5 Å². The molecule has 12 heteroatoms. The van der Waals surface area contributed by atoms with E-state index in [9.17, 15) is 24.9 Å². The van der Waals surface area contributed by atoms with E-state index < -0.39 is 24.2 Å². The monoisotopic (exact) mass is 553 g/mol. The van der Waals surface area contributed by atoms with E-state index in [1.807, 2.05) is 24.3 Å². The van der Waals surface area contributed by atoms with Gasteiger partial charge in [0.2, 0.25) is 11.8 Å². The van der Waals surface area contributed by atoms with Crippen LogP contribution in [-0.2, 0) is 16.0 Å². The molecule has 3 unspecified atom stereocenters. The van der Waals surface area contributed by atoms with E-state index in [0.29, 0.717) is 43.9 Å². The van der Waals surface area contributed by atoms with Gasteiger partial charge in [-0.1, -0.05) is 24.3 Å². The Balaban J connectivity index is 1.68. The highest BCUT2D eigenvalue weighted by Gasteiger charge is 2.26. The van der Waals surface area contributed by atoms with Crippen LogP contribution in [0.2, 0.25) is 0 Å². The number of hydrogen-bond donors (Lipinski definition) is 8. The lowest BCUT2D eigenvalue weighted by Crippen LogP contribution is -2.53. The quantitative estimate of drug-likeness (QED) is 0.0954. The van der Waals surface area contributed by atoms with Crippen LogP contribution in [0.5, 0.6) is 11.5 Å². The van der Waals surface area contributed by atoms with Crippen LogP contribution in [0.15, 0.2) is 54.7 Å². The lowest BCUT2D eigenvalue weighted by Gasteiger charge is -2.27. The molecule has 3 rings (SSSR count). The average Bonchev–Trinajstić information content (AvgIpc) is 2.95. The molecule has 1 aromatic heterocycles. The van der Waals surface area contributed by atoms with Crippen molar-refractivity contribution in [1.82, 2.24) is 15.2 Å². The number of hydrogen-bond acceptors (Lipinski definition) is 10. The van der Waals surface area contributed by atoms with Gasteiger partial charge in [0.25, 0.3) is 0 Å². The predicted octanol–water partition coefficient (Wildman–Crippen LogP) is 0.347. The van der Waals surface area contributed by atoms with Crippen LogP contribution in [0.1, 0.15) is 24.8 Å². The van der Waals surface area contributed by atoms with Crippen molar-refractivity contribution < 1.29 is 24.9 Å². The summed E-state index contributed by atoms with van der Waals surface area (Å²) in [7, 11) is 0. The summed E-state index contributed by atoms with van der Waals surface area (Å²) in [6.07, 6.45) is 1.12. The molecule has 12 nitrogen and oxygen atoms in total. The van der Waals surface area contributed by atoms with E-state index >= 15 is 0 Å². The number of phenolic OH excluding ortho intramolecular Hbond substituents is 2. The molecule has 1 heterocycles. The van der Waals surface area contributed by atoms with Gasteiger partial charge >= 0.3 is 0 Å². The Hall–Kier alpha value is -3.81. The topological polar surface area (TPSA) is 213 Å². The summed E-state index contributed by atoms with van der Waals surface area (Å²) in [5.41, 5.74) is 19.3. The number of pyridine rings is 1. The van der Waals surface area contributed by atoms with Gasteiger partial charge in [-0.2, -0.15) is 0 Å². The third kappa shape index (κ3) is 8.86. The van der Waals surface area contributed by atoms with Crippen LogP contribution in [0.25, 0.3) is 10.9 Å². The van der Waals surface area contributed by atoms with Crippen LogP contribution >= 0.6 is 0 Å². The molecule has 3 aromatic rings. The number of nitrogens with one attached hydrogen (secondary N) is 2. The number of fused-ring (bicyclic) bond motifs is 1. The van der Waals surface area contributed by atoms with E-state index in [1.54, 1.807) is 23.2 Å². The van der Waals surface area contributed by atoms with Crippen molar-refractivity contribution in [3.05, 3.63) is 60.3 Å². The Morgan fingerprint density at radius 1 is 0.975 bits per heavy atom. The predicted molar refractivity (Wildman–Crippen MR) is 153 cm³/mol. The van der Waals surface area contributed by atoms with Gasteiger partial charge in [-0.15, -0.1) is 0 Å². The summed E-state index contributed by atoms with van der Waals surface area (Å²) in [5.74, 6) is -1.09. The maximum Gasteiger partial charge on any atom is 0.241 e. The zero-order valence-corrected chi connectivity index (χ0v) is 22.4. The minimum absolute atomic E-state index is 0.0896. The number of rotatable bonds is 15. The summed E-state index contributed by atoms with van der Waals surface area (Å²) >= 11 is 0.